The first-order valence-corrected chi connectivity index (χ1v) is 10.4. The highest BCUT2D eigenvalue weighted by Crippen LogP contribution is 2.29. The molecule has 2 aromatic carbocycles. The summed E-state index contributed by atoms with van der Waals surface area (Å²) in [6.45, 7) is 0.303. The number of carbonyl (C=O) groups excluding carboxylic acids is 2. The third-order valence-electron chi connectivity index (χ3n) is 5.30. The number of alkyl halides is 3. The molecule has 0 fully saturated rings. The number of nitrogens with zero attached hydrogens (tertiary/aromatic N) is 2. The third-order valence-corrected chi connectivity index (χ3v) is 5.30. The van der Waals surface area contributed by atoms with Crippen LogP contribution in [0.3, 0.4) is 0 Å². The molecule has 2 amide bonds. The molecule has 172 valence electrons. The van der Waals surface area contributed by atoms with Gasteiger partial charge < -0.3 is 10.2 Å². The van der Waals surface area contributed by atoms with Crippen molar-refractivity contribution in [1.82, 2.24) is 15.2 Å². The number of hydrogen-bond acceptors (Lipinski definition) is 3. The van der Waals surface area contributed by atoms with E-state index in [1.165, 1.54) is 23.2 Å². The average molecular weight is 455 g/mol. The number of amides is 2. The lowest BCUT2D eigenvalue weighted by molar-refractivity contribution is -0.137. The summed E-state index contributed by atoms with van der Waals surface area (Å²) in [5.74, 6) is -0.702. The van der Waals surface area contributed by atoms with Crippen LogP contribution in [0.15, 0.2) is 79.0 Å². The zero-order valence-electron chi connectivity index (χ0n) is 18.0. The lowest BCUT2D eigenvalue weighted by atomic mass is 10.0. The molecule has 8 heteroatoms. The van der Waals surface area contributed by atoms with Crippen molar-refractivity contribution in [2.24, 2.45) is 0 Å². The van der Waals surface area contributed by atoms with E-state index in [0.717, 1.165) is 17.7 Å². The van der Waals surface area contributed by atoms with Crippen molar-refractivity contribution in [2.45, 2.75) is 25.1 Å². The van der Waals surface area contributed by atoms with Crippen molar-refractivity contribution in [3.63, 3.8) is 0 Å². The van der Waals surface area contributed by atoms with Gasteiger partial charge >= 0.3 is 6.18 Å². The Morgan fingerprint density at radius 1 is 0.970 bits per heavy atom. The first-order valence-electron chi connectivity index (χ1n) is 10.4. The molecule has 0 aliphatic heterocycles. The topological polar surface area (TPSA) is 62.3 Å². The summed E-state index contributed by atoms with van der Waals surface area (Å²) in [6.07, 6.45) is -1.95. The number of benzene rings is 2. The number of halogens is 3. The van der Waals surface area contributed by atoms with E-state index in [4.69, 9.17) is 0 Å². The second kappa shape index (κ2) is 10.8. The molecule has 33 heavy (non-hydrogen) atoms. The summed E-state index contributed by atoms with van der Waals surface area (Å²) in [4.78, 5) is 30.8. The number of carbonyl (C=O) groups is 2. The summed E-state index contributed by atoms with van der Waals surface area (Å²) >= 11 is 0. The Kier molecular flexibility index (Phi) is 7.82. The van der Waals surface area contributed by atoms with Crippen molar-refractivity contribution in [3.8, 4) is 0 Å². The van der Waals surface area contributed by atoms with Crippen LogP contribution >= 0.6 is 0 Å². The first kappa shape index (κ1) is 24.0. The Balaban J connectivity index is 1.71. The van der Waals surface area contributed by atoms with Gasteiger partial charge in [-0.3, -0.25) is 14.6 Å². The van der Waals surface area contributed by atoms with Crippen molar-refractivity contribution in [1.29, 1.82) is 0 Å². The summed E-state index contributed by atoms with van der Waals surface area (Å²) in [5, 5.41) is 2.81. The zero-order chi connectivity index (χ0) is 23.8. The fraction of sp³-hybridized carbons (Fsp3) is 0.240. The van der Waals surface area contributed by atoms with Crippen molar-refractivity contribution >= 4 is 11.8 Å². The fourth-order valence-corrected chi connectivity index (χ4v) is 3.43. The maximum atomic E-state index is 13.0. The fourth-order valence-electron chi connectivity index (χ4n) is 3.43. The largest absolute Gasteiger partial charge is 0.416 e. The molecule has 1 heterocycles. The summed E-state index contributed by atoms with van der Waals surface area (Å²) in [5.41, 5.74) is 0.665. The first-order chi connectivity index (χ1) is 15.8. The molecule has 0 bridgehead atoms. The van der Waals surface area contributed by atoms with Crippen LogP contribution in [0.25, 0.3) is 0 Å². The Morgan fingerprint density at radius 2 is 1.64 bits per heavy atom. The number of hydrogen-bond donors (Lipinski definition) is 1. The van der Waals surface area contributed by atoms with Gasteiger partial charge in [0.05, 0.1) is 5.56 Å². The molecular formula is C25H24F3N3O2. The molecule has 5 nitrogen and oxygen atoms in total. The summed E-state index contributed by atoms with van der Waals surface area (Å²) < 4.78 is 38.5. The van der Waals surface area contributed by atoms with Gasteiger partial charge in [0.1, 0.15) is 5.69 Å². The number of aromatic nitrogens is 1. The molecule has 3 rings (SSSR count). The Morgan fingerprint density at radius 3 is 2.24 bits per heavy atom. The molecule has 0 radical (unpaired) electrons. The van der Waals surface area contributed by atoms with E-state index >= 15 is 0 Å². The SMILES string of the molecule is CN(C(=O)c1ccc(C(F)(F)F)cc1)C(CCNC(=O)c1ccccn1)Cc1ccccc1. The second-order valence-electron chi connectivity index (χ2n) is 7.59. The van der Waals surface area contributed by atoms with Gasteiger partial charge in [-0.05, 0) is 54.8 Å². The van der Waals surface area contributed by atoms with E-state index in [-0.39, 0.29) is 23.4 Å². The second-order valence-corrected chi connectivity index (χ2v) is 7.59. The molecule has 1 aromatic heterocycles. The minimum atomic E-state index is -4.46. The van der Waals surface area contributed by atoms with E-state index in [2.05, 4.69) is 10.3 Å². The van der Waals surface area contributed by atoms with Gasteiger partial charge in [-0.25, -0.2) is 0 Å². The van der Waals surface area contributed by atoms with Crippen LogP contribution in [0, 0.1) is 0 Å². The molecule has 0 saturated heterocycles. The Bertz CT molecular complexity index is 1060. The van der Waals surface area contributed by atoms with Crippen molar-refractivity contribution < 1.29 is 22.8 Å². The lowest BCUT2D eigenvalue weighted by Gasteiger charge is -2.29. The quantitative estimate of drug-likeness (QED) is 0.540. The summed E-state index contributed by atoms with van der Waals surface area (Å²) in [7, 11) is 1.62. The maximum absolute atomic E-state index is 13.0. The van der Waals surface area contributed by atoms with Crippen LogP contribution in [0.2, 0.25) is 0 Å². The van der Waals surface area contributed by atoms with Crippen LogP contribution in [0.4, 0.5) is 13.2 Å². The van der Waals surface area contributed by atoms with Gasteiger partial charge in [-0.2, -0.15) is 13.2 Å². The monoisotopic (exact) mass is 455 g/mol. The van der Waals surface area contributed by atoms with Crippen LogP contribution in [0.1, 0.15) is 38.4 Å². The zero-order valence-corrected chi connectivity index (χ0v) is 18.0. The normalized spacial score (nSPS) is 12.1. The van der Waals surface area contributed by atoms with Gasteiger partial charge in [0.15, 0.2) is 0 Å². The average Bonchev–Trinajstić information content (AvgIpc) is 2.83. The van der Waals surface area contributed by atoms with Gasteiger partial charge in [-0.15, -0.1) is 0 Å². The van der Waals surface area contributed by atoms with E-state index < -0.39 is 11.7 Å². The van der Waals surface area contributed by atoms with Crippen LogP contribution < -0.4 is 5.32 Å². The molecule has 0 spiro atoms. The van der Waals surface area contributed by atoms with Gasteiger partial charge in [0.2, 0.25) is 0 Å². The highest BCUT2D eigenvalue weighted by atomic mass is 19.4. The van der Waals surface area contributed by atoms with E-state index in [9.17, 15) is 22.8 Å². The van der Waals surface area contributed by atoms with Gasteiger partial charge in [0, 0.05) is 31.4 Å². The molecule has 3 aromatic rings. The van der Waals surface area contributed by atoms with Gasteiger partial charge in [-0.1, -0.05) is 36.4 Å². The molecule has 1 atom stereocenters. The highest BCUT2D eigenvalue weighted by molar-refractivity contribution is 5.94. The van der Waals surface area contributed by atoms with Crippen LogP contribution in [-0.4, -0.2) is 41.3 Å². The lowest BCUT2D eigenvalue weighted by Crippen LogP contribution is -2.41. The number of nitrogens with one attached hydrogen (secondary N) is 1. The van der Waals surface area contributed by atoms with Crippen molar-refractivity contribution in [2.75, 3.05) is 13.6 Å². The standard InChI is InChI=1S/C25H24F3N3O2/c1-31(24(33)19-10-12-20(13-11-19)25(26,27)28)21(17-18-7-3-2-4-8-18)14-16-30-23(32)22-9-5-6-15-29-22/h2-13,15,21H,14,16-17H2,1H3,(H,30,32). The van der Waals surface area contributed by atoms with E-state index in [1.54, 1.807) is 25.2 Å². The Labute approximate surface area is 190 Å². The number of rotatable bonds is 8. The van der Waals surface area contributed by atoms with Crippen molar-refractivity contribution in [3.05, 3.63) is 101 Å². The predicted octanol–water partition coefficient (Wildman–Crippen LogP) is 4.60. The van der Waals surface area contributed by atoms with Gasteiger partial charge in [0.25, 0.3) is 11.8 Å². The van der Waals surface area contributed by atoms with Crippen LogP contribution in [-0.2, 0) is 12.6 Å². The molecular weight excluding hydrogens is 431 g/mol. The number of pyridine rings is 1. The predicted molar refractivity (Wildman–Crippen MR) is 119 cm³/mol. The maximum Gasteiger partial charge on any atom is 0.416 e. The smallest absolute Gasteiger partial charge is 0.351 e. The summed E-state index contributed by atoms with van der Waals surface area (Å²) in [6, 6.07) is 18.5. The van der Waals surface area contributed by atoms with Crippen LogP contribution in [0.5, 0.6) is 0 Å². The molecule has 1 unspecified atom stereocenters. The third kappa shape index (κ3) is 6.65. The van der Waals surface area contributed by atoms with E-state index in [1.807, 2.05) is 30.3 Å². The molecule has 0 saturated carbocycles. The Hall–Kier alpha value is -3.68. The van der Waals surface area contributed by atoms with E-state index in [0.29, 0.717) is 25.1 Å². The molecule has 0 aliphatic carbocycles. The molecule has 1 N–H and O–H groups in total. The highest BCUT2D eigenvalue weighted by Gasteiger charge is 2.30. The molecule has 0 aliphatic rings. The minimum Gasteiger partial charge on any atom is -0.351 e. The minimum absolute atomic E-state index is 0.168. The number of likely N-dealkylation sites (N-methyl/N-ethyl adjacent to an activating group) is 1.